The highest BCUT2D eigenvalue weighted by Crippen LogP contribution is 2.33. The number of aryl methyl sites for hydroxylation is 1. The highest BCUT2D eigenvalue weighted by molar-refractivity contribution is 6.01. The molecule has 152 valence electrons. The molecule has 0 bridgehead atoms. The Morgan fingerprint density at radius 2 is 1.73 bits per heavy atom. The van der Waals surface area contributed by atoms with E-state index in [9.17, 15) is 22.8 Å². The summed E-state index contributed by atoms with van der Waals surface area (Å²) < 4.78 is 39.4. The molecule has 4 aromatic rings. The third kappa shape index (κ3) is 3.34. The minimum atomic E-state index is -4.63. The Bertz CT molecular complexity index is 1370. The first kappa shape index (κ1) is 19.4. The lowest BCUT2D eigenvalue weighted by Crippen LogP contribution is -2.25. The largest absolute Gasteiger partial charge is 0.418 e. The number of hydrogen-bond donors (Lipinski definition) is 3. The molecule has 0 aliphatic rings. The van der Waals surface area contributed by atoms with E-state index in [2.05, 4.69) is 20.5 Å². The van der Waals surface area contributed by atoms with Crippen LogP contribution in [0.1, 0.15) is 27.0 Å². The number of nitrogens with one attached hydrogen (secondary N) is 3. The predicted octanol–water partition coefficient (Wildman–Crippen LogP) is 4.10. The van der Waals surface area contributed by atoms with Gasteiger partial charge in [-0.15, -0.1) is 0 Å². The van der Waals surface area contributed by atoms with E-state index >= 15 is 0 Å². The summed E-state index contributed by atoms with van der Waals surface area (Å²) in [5.41, 5.74) is 2.47. The molecule has 6 nitrogen and oxygen atoms in total. The van der Waals surface area contributed by atoms with Gasteiger partial charge in [0.2, 0.25) is 5.43 Å². The lowest BCUT2D eigenvalue weighted by atomic mass is 10.1. The second-order valence-corrected chi connectivity index (χ2v) is 6.70. The van der Waals surface area contributed by atoms with E-state index in [1.807, 2.05) is 25.1 Å². The molecule has 0 radical (unpaired) electrons. The second kappa shape index (κ2) is 7.18. The molecule has 9 heteroatoms. The standard InChI is InChI=1S/C21H15F3N4O2/c1-11-4-2-5-13-12(8-25-17(11)13)9-27-28-20(30)15-10-26-18-14(19(15)29)6-3-7-16(18)21(22,23)24/h2-10,25H,1H3,(H,26,29)(H,28,30)/b27-9-. The van der Waals surface area contributed by atoms with Gasteiger partial charge in [0.05, 0.1) is 17.3 Å². The molecule has 2 heterocycles. The van der Waals surface area contributed by atoms with Crippen molar-refractivity contribution in [3.63, 3.8) is 0 Å². The average Bonchev–Trinajstić information content (AvgIpc) is 3.11. The molecule has 4 rings (SSSR count). The van der Waals surface area contributed by atoms with Crippen LogP contribution in [0.15, 0.2) is 58.7 Å². The second-order valence-electron chi connectivity index (χ2n) is 6.70. The lowest BCUT2D eigenvalue weighted by Gasteiger charge is -2.10. The summed E-state index contributed by atoms with van der Waals surface area (Å²) in [6, 6.07) is 8.97. The van der Waals surface area contributed by atoms with Crippen molar-refractivity contribution in [3.8, 4) is 0 Å². The minimum Gasteiger partial charge on any atom is -0.360 e. The summed E-state index contributed by atoms with van der Waals surface area (Å²) >= 11 is 0. The number of nitrogens with zero attached hydrogens (tertiary/aromatic N) is 1. The molecule has 0 spiro atoms. The van der Waals surface area contributed by atoms with Crippen LogP contribution in [0.3, 0.4) is 0 Å². The first-order chi connectivity index (χ1) is 14.3. The molecule has 0 unspecified atom stereocenters. The van der Waals surface area contributed by atoms with Gasteiger partial charge in [0.1, 0.15) is 5.56 Å². The molecular weight excluding hydrogens is 397 g/mol. The van der Waals surface area contributed by atoms with Gasteiger partial charge in [-0.1, -0.05) is 24.3 Å². The number of para-hydroxylation sites is 2. The molecule has 0 saturated carbocycles. The number of fused-ring (bicyclic) bond motifs is 2. The van der Waals surface area contributed by atoms with Gasteiger partial charge in [0, 0.05) is 34.2 Å². The van der Waals surface area contributed by atoms with Crippen molar-refractivity contribution >= 4 is 33.9 Å². The quantitative estimate of drug-likeness (QED) is 0.349. The third-order valence-electron chi connectivity index (χ3n) is 4.79. The summed E-state index contributed by atoms with van der Waals surface area (Å²) in [6.07, 6.45) is -0.518. The van der Waals surface area contributed by atoms with Crippen LogP contribution in [0.4, 0.5) is 13.2 Å². The highest BCUT2D eigenvalue weighted by Gasteiger charge is 2.33. The van der Waals surface area contributed by atoms with Crippen LogP contribution in [-0.2, 0) is 6.18 Å². The maximum absolute atomic E-state index is 13.1. The van der Waals surface area contributed by atoms with Gasteiger partial charge < -0.3 is 9.97 Å². The zero-order chi connectivity index (χ0) is 21.5. The Hall–Kier alpha value is -3.88. The number of amides is 1. The Morgan fingerprint density at radius 3 is 2.50 bits per heavy atom. The van der Waals surface area contributed by atoms with Gasteiger partial charge in [-0.05, 0) is 24.6 Å². The van der Waals surface area contributed by atoms with Gasteiger partial charge in [-0.2, -0.15) is 18.3 Å². The topological polar surface area (TPSA) is 90.1 Å². The van der Waals surface area contributed by atoms with Crippen LogP contribution < -0.4 is 10.9 Å². The van der Waals surface area contributed by atoms with Crippen molar-refractivity contribution in [3.05, 3.63) is 81.3 Å². The number of aromatic nitrogens is 2. The highest BCUT2D eigenvalue weighted by atomic mass is 19.4. The van der Waals surface area contributed by atoms with Gasteiger partial charge in [0.15, 0.2) is 0 Å². The Labute approximate surface area is 167 Å². The Morgan fingerprint density at radius 1 is 1.03 bits per heavy atom. The number of aromatic amines is 2. The van der Waals surface area contributed by atoms with Crippen LogP contribution >= 0.6 is 0 Å². The van der Waals surface area contributed by atoms with Crippen molar-refractivity contribution in [2.45, 2.75) is 13.1 Å². The molecule has 2 aromatic carbocycles. The van der Waals surface area contributed by atoms with Crippen LogP contribution in [-0.4, -0.2) is 22.1 Å². The van der Waals surface area contributed by atoms with E-state index in [1.165, 1.54) is 12.3 Å². The number of carbonyl (C=O) groups is 1. The van der Waals surface area contributed by atoms with E-state index in [1.54, 1.807) is 6.20 Å². The maximum atomic E-state index is 13.1. The van der Waals surface area contributed by atoms with Gasteiger partial charge in [0.25, 0.3) is 5.91 Å². The molecule has 0 fully saturated rings. The van der Waals surface area contributed by atoms with Crippen LogP contribution in [0.2, 0.25) is 0 Å². The Balaban J connectivity index is 1.62. The van der Waals surface area contributed by atoms with Crippen molar-refractivity contribution < 1.29 is 18.0 Å². The van der Waals surface area contributed by atoms with Gasteiger partial charge in [-0.25, -0.2) is 5.43 Å². The maximum Gasteiger partial charge on any atom is 0.418 e. The fourth-order valence-electron chi connectivity index (χ4n) is 3.31. The SMILES string of the molecule is Cc1cccc2c(/C=N\NC(=O)c3c[nH]c4c(C(F)(F)F)cccc4c3=O)c[nH]c12. The molecule has 3 N–H and O–H groups in total. The van der Waals surface area contributed by atoms with Crippen molar-refractivity contribution in [2.24, 2.45) is 5.10 Å². The first-order valence-corrected chi connectivity index (χ1v) is 8.89. The van der Waals surface area contributed by atoms with Crippen LogP contribution in [0.5, 0.6) is 0 Å². The number of hydrogen-bond acceptors (Lipinski definition) is 3. The van der Waals surface area contributed by atoms with E-state index < -0.39 is 23.1 Å². The van der Waals surface area contributed by atoms with E-state index in [0.717, 1.165) is 40.4 Å². The van der Waals surface area contributed by atoms with E-state index in [0.29, 0.717) is 0 Å². The summed E-state index contributed by atoms with van der Waals surface area (Å²) in [6.45, 7) is 1.96. The molecular formula is C21H15F3N4O2. The van der Waals surface area contributed by atoms with Crippen molar-refractivity contribution in [2.75, 3.05) is 0 Å². The van der Waals surface area contributed by atoms with Gasteiger partial charge >= 0.3 is 6.18 Å². The number of hydrazone groups is 1. The number of H-pyrrole nitrogens is 2. The predicted molar refractivity (Wildman–Crippen MR) is 108 cm³/mol. The molecule has 0 aliphatic carbocycles. The smallest absolute Gasteiger partial charge is 0.360 e. The summed E-state index contributed by atoms with van der Waals surface area (Å²) in [5, 5.41) is 4.56. The fourth-order valence-corrected chi connectivity index (χ4v) is 3.31. The summed E-state index contributed by atoms with van der Waals surface area (Å²) in [7, 11) is 0. The third-order valence-corrected chi connectivity index (χ3v) is 4.79. The molecule has 0 saturated heterocycles. The monoisotopic (exact) mass is 412 g/mol. The molecule has 30 heavy (non-hydrogen) atoms. The number of rotatable bonds is 3. The fraction of sp³-hybridized carbons (Fsp3) is 0.0952. The summed E-state index contributed by atoms with van der Waals surface area (Å²) in [4.78, 5) is 30.4. The minimum absolute atomic E-state index is 0.228. The number of carbonyl (C=O) groups excluding carboxylic acids is 1. The van der Waals surface area contributed by atoms with Crippen LogP contribution in [0.25, 0.3) is 21.8 Å². The lowest BCUT2D eigenvalue weighted by molar-refractivity contribution is -0.136. The number of benzene rings is 2. The molecule has 0 atom stereocenters. The first-order valence-electron chi connectivity index (χ1n) is 8.89. The van der Waals surface area contributed by atoms with Crippen LogP contribution in [0, 0.1) is 6.92 Å². The molecule has 2 aromatic heterocycles. The molecule has 0 aliphatic heterocycles. The average molecular weight is 412 g/mol. The van der Waals surface area contributed by atoms with E-state index in [4.69, 9.17) is 0 Å². The number of alkyl halides is 3. The zero-order valence-corrected chi connectivity index (χ0v) is 15.6. The van der Waals surface area contributed by atoms with Crippen molar-refractivity contribution in [1.82, 2.24) is 15.4 Å². The van der Waals surface area contributed by atoms with E-state index in [-0.39, 0.29) is 16.5 Å². The summed E-state index contributed by atoms with van der Waals surface area (Å²) in [5.74, 6) is -0.831. The Kier molecular flexibility index (Phi) is 4.65. The zero-order valence-electron chi connectivity index (χ0n) is 15.6. The number of pyridine rings is 1. The normalized spacial score (nSPS) is 12.1. The van der Waals surface area contributed by atoms with Gasteiger partial charge in [-0.3, -0.25) is 9.59 Å². The van der Waals surface area contributed by atoms with Crippen molar-refractivity contribution in [1.29, 1.82) is 0 Å². The number of halogens is 3. The molecule has 1 amide bonds.